The zero-order chi connectivity index (χ0) is 12.3. The molecular weight excluding hydrogens is 214 g/mol. The summed E-state index contributed by atoms with van der Waals surface area (Å²) in [6.45, 7) is 7.75. The fraction of sp³-hybridized carbons (Fsp3) is 0.846. The van der Waals surface area contributed by atoms with Gasteiger partial charge in [0, 0.05) is 5.54 Å². The summed E-state index contributed by atoms with van der Waals surface area (Å²) >= 11 is 0. The Morgan fingerprint density at radius 2 is 2.06 bits per heavy atom. The number of hydrazine groups is 1. The van der Waals surface area contributed by atoms with Gasteiger partial charge in [-0.15, -0.1) is 0 Å². The molecule has 0 radical (unpaired) electrons. The molecule has 1 fully saturated rings. The Hall–Kier alpha value is -0.580. The Kier molecular flexibility index (Phi) is 4.07. The highest BCUT2D eigenvalue weighted by Gasteiger charge is 2.38. The maximum Gasteiger partial charge on any atom is 0.0876 e. The molecular formula is C13H25N3O. The van der Waals surface area contributed by atoms with Crippen molar-refractivity contribution in [2.75, 3.05) is 19.7 Å². The van der Waals surface area contributed by atoms with Crippen LogP contribution in [0.2, 0.25) is 0 Å². The molecule has 0 saturated carbocycles. The van der Waals surface area contributed by atoms with Gasteiger partial charge in [-0.2, -0.15) is 0 Å². The monoisotopic (exact) mass is 239 g/mol. The quantitative estimate of drug-likeness (QED) is 0.575. The SMILES string of the molecule is CC(C)(C(NN)C1=COCCC1)N1CCCC1. The van der Waals surface area contributed by atoms with Crippen molar-refractivity contribution in [2.24, 2.45) is 5.84 Å². The number of nitrogens with one attached hydrogen (secondary N) is 1. The Bertz CT molecular complexity index is 282. The number of likely N-dealkylation sites (tertiary alicyclic amines) is 1. The van der Waals surface area contributed by atoms with Crippen LogP contribution in [0.4, 0.5) is 0 Å². The maximum absolute atomic E-state index is 5.78. The second-order valence-corrected chi connectivity index (χ2v) is 5.61. The van der Waals surface area contributed by atoms with Gasteiger partial charge in [-0.25, -0.2) is 0 Å². The van der Waals surface area contributed by atoms with Crippen LogP contribution in [0.5, 0.6) is 0 Å². The Labute approximate surface area is 104 Å². The highest BCUT2D eigenvalue weighted by molar-refractivity contribution is 5.17. The molecule has 98 valence electrons. The number of ether oxygens (including phenoxy) is 1. The number of hydrogen-bond donors (Lipinski definition) is 2. The van der Waals surface area contributed by atoms with Crippen LogP contribution in [-0.4, -0.2) is 36.2 Å². The highest BCUT2D eigenvalue weighted by Crippen LogP contribution is 2.30. The Morgan fingerprint density at radius 1 is 1.35 bits per heavy atom. The van der Waals surface area contributed by atoms with E-state index in [1.807, 2.05) is 6.26 Å². The molecule has 0 aromatic heterocycles. The van der Waals surface area contributed by atoms with E-state index < -0.39 is 0 Å². The molecule has 0 bridgehead atoms. The van der Waals surface area contributed by atoms with Crippen LogP contribution >= 0.6 is 0 Å². The van der Waals surface area contributed by atoms with Gasteiger partial charge < -0.3 is 4.74 Å². The predicted octanol–water partition coefficient (Wildman–Crippen LogP) is 1.39. The fourth-order valence-electron chi connectivity index (χ4n) is 3.04. The van der Waals surface area contributed by atoms with E-state index in [1.165, 1.54) is 31.5 Å². The van der Waals surface area contributed by atoms with Gasteiger partial charge in [0.05, 0.1) is 18.9 Å². The van der Waals surface area contributed by atoms with E-state index in [-0.39, 0.29) is 11.6 Å². The Balaban J connectivity index is 2.12. The first-order chi connectivity index (χ1) is 8.16. The van der Waals surface area contributed by atoms with Crippen molar-refractivity contribution < 1.29 is 4.74 Å². The first-order valence-corrected chi connectivity index (χ1v) is 6.68. The van der Waals surface area contributed by atoms with Crippen LogP contribution in [0.15, 0.2) is 11.8 Å². The topological polar surface area (TPSA) is 50.5 Å². The van der Waals surface area contributed by atoms with E-state index in [0.717, 1.165) is 19.4 Å². The number of rotatable bonds is 4. The molecule has 3 N–H and O–H groups in total. The molecule has 0 aromatic carbocycles. The normalized spacial score (nSPS) is 24.3. The van der Waals surface area contributed by atoms with Crippen molar-refractivity contribution in [2.45, 2.75) is 51.1 Å². The predicted molar refractivity (Wildman–Crippen MR) is 69.3 cm³/mol. The molecule has 2 rings (SSSR count). The molecule has 17 heavy (non-hydrogen) atoms. The summed E-state index contributed by atoms with van der Waals surface area (Å²) < 4.78 is 5.45. The summed E-state index contributed by atoms with van der Waals surface area (Å²) in [5.41, 5.74) is 4.35. The molecule has 0 aliphatic carbocycles. The lowest BCUT2D eigenvalue weighted by atomic mass is 9.85. The van der Waals surface area contributed by atoms with E-state index >= 15 is 0 Å². The summed E-state index contributed by atoms with van der Waals surface area (Å²) in [6.07, 6.45) is 6.70. The maximum atomic E-state index is 5.78. The summed E-state index contributed by atoms with van der Waals surface area (Å²) in [6, 6.07) is 0.181. The lowest BCUT2D eigenvalue weighted by Crippen LogP contribution is -2.59. The minimum atomic E-state index is 0.0534. The van der Waals surface area contributed by atoms with Crippen molar-refractivity contribution >= 4 is 0 Å². The van der Waals surface area contributed by atoms with Gasteiger partial charge in [-0.1, -0.05) is 0 Å². The highest BCUT2D eigenvalue weighted by atomic mass is 16.5. The molecule has 2 aliphatic rings. The zero-order valence-corrected chi connectivity index (χ0v) is 11.0. The summed E-state index contributed by atoms with van der Waals surface area (Å²) in [5.74, 6) is 5.78. The third-order valence-electron chi connectivity index (χ3n) is 4.13. The van der Waals surface area contributed by atoms with Gasteiger partial charge in [0.15, 0.2) is 0 Å². The Morgan fingerprint density at radius 3 is 2.59 bits per heavy atom. The van der Waals surface area contributed by atoms with E-state index in [4.69, 9.17) is 10.6 Å². The van der Waals surface area contributed by atoms with Crippen molar-refractivity contribution in [1.29, 1.82) is 0 Å². The van der Waals surface area contributed by atoms with Crippen LogP contribution < -0.4 is 11.3 Å². The average Bonchev–Trinajstić information content (AvgIpc) is 2.85. The molecule has 1 saturated heterocycles. The van der Waals surface area contributed by atoms with Crippen molar-refractivity contribution in [3.63, 3.8) is 0 Å². The van der Waals surface area contributed by atoms with Crippen LogP contribution in [0.25, 0.3) is 0 Å². The molecule has 4 heteroatoms. The number of nitrogens with two attached hydrogens (primary N) is 1. The number of hydrogen-bond acceptors (Lipinski definition) is 4. The molecule has 2 heterocycles. The first-order valence-electron chi connectivity index (χ1n) is 6.68. The molecule has 4 nitrogen and oxygen atoms in total. The molecule has 2 aliphatic heterocycles. The van der Waals surface area contributed by atoms with E-state index in [0.29, 0.717) is 0 Å². The zero-order valence-electron chi connectivity index (χ0n) is 11.0. The summed E-state index contributed by atoms with van der Waals surface area (Å²) in [7, 11) is 0. The average molecular weight is 239 g/mol. The molecule has 0 aromatic rings. The number of nitrogens with zero attached hydrogens (tertiary/aromatic N) is 1. The van der Waals surface area contributed by atoms with Crippen molar-refractivity contribution in [1.82, 2.24) is 10.3 Å². The lowest BCUT2D eigenvalue weighted by Gasteiger charge is -2.43. The first kappa shape index (κ1) is 12.9. The molecule has 1 atom stereocenters. The largest absolute Gasteiger partial charge is 0.501 e. The second-order valence-electron chi connectivity index (χ2n) is 5.61. The standard InChI is InChI=1S/C13H25N3O/c1-13(2,16-7-3-4-8-16)12(15-14)11-6-5-9-17-10-11/h10,12,15H,3-9,14H2,1-2H3. The minimum absolute atomic E-state index is 0.0534. The smallest absolute Gasteiger partial charge is 0.0876 e. The van der Waals surface area contributed by atoms with Gasteiger partial charge >= 0.3 is 0 Å². The van der Waals surface area contributed by atoms with Gasteiger partial charge in [0.1, 0.15) is 0 Å². The van der Waals surface area contributed by atoms with Crippen LogP contribution in [-0.2, 0) is 4.74 Å². The third-order valence-corrected chi connectivity index (χ3v) is 4.13. The van der Waals surface area contributed by atoms with Crippen LogP contribution in [0.3, 0.4) is 0 Å². The molecule has 1 unspecified atom stereocenters. The summed E-state index contributed by atoms with van der Waals surface area (Å²) in [4.78, 5) is 2.53. The third kappa shape index (κ3) is 2.64. The van der Waals surface area contributed by atoms with Crippen LogP contribution in [0.1, 0.15) is 39.5 Å². The molecule has 0 amide bonds. The lowest BCUT2D eigenvalue weighted by molar-refractivity contribution is 0.112. The minimum Gasteiger partial charge on any atom is -0.501 e. The van der Waals surface area contributed by atoms with Gasteiger partial charge in [0.25, 0.3) is 0 Å². The van der Waals surface area contributed by atoms with Gasteiger partial charge in [-0.05, 0) is 58.2 Å². The van der Waals surface area contributed by atoms with E-state index in [9.17, 15) is 0 Å². The second kappa shape index (κ2) is 5.38. The van der Waals surface area contributed by atoms with E-state index in [1.54, 1.807) is 0 Å². The van der Waals surface area contributed by atoms with Crippen molar-refractivity contribution in [3.05, 3.63) is 11.8 Å². The van der Waals surface area contributed by atoms with Crippen molar-refractivity contribution in [3.8, 4) is 0 Å². The summed E-state index contributed by atoms with van der Waals surface area (Å²) in [5, 5.41) is 0. The molecule has 0 spiro atoms. The van der Waals surface area contributed by atoms with E-state index in [2.05, 4.69) is 24.2 Å². The fourth-order valence-corrected chi connectivity index (χ4v) is 3.04. The van der Waals surface area contributed by atoms with Gasteiger partial charge in [-0.3, -0.25) is 16.2 Å². The van der Waals surface area contributed by atoms with Crippen LogP contribution in [0, 0.1) is 0 Å². The van der Waals surface area contributed by atoms with Gasteiger partial charge in [0.2, 0.25) is 0 Å².